The van der Waals surface area contributed by atoms with Gasteiger partial charge in [0.2, 0.25) is 0 Å². The van der Waals surface area contributed by atoms with Crippen LogP contribution in [-0.4, -0.2) is 12.6 Å². The Morgan fingerprint density at radius 2 is 1.08 bits per heavy atom. The molecule has 0 N–H and O–H groups in total. The molecule has 0 bridgehead atoms. The van der Waals surface area contributed by atoms with Crippen molar-refractivity contribution in [2.24, 2.45) is 0 Å². The fourth-order valence-corrected chi connectivity index (χ4v) is 7.95. The molecule has 0 fully saturated rings. The summed E-state index contributed by atoms with van der Waals surface area (Å²) in [6, 6.07) is 30.5. The second-order valence-electron chi connectivity index (χ2n) is 6.68. The van der Waals surface area contributed by atoms with Crippen LogP contribution in [0.3, 0.4) is 0 Å². The van der Waals surface area contributed by atoms with Gasteiger partial charge in [0, 0.05) is 0 Å². The molecule has 26 heavy (non-hydrogen) atoms. The summed E-state index contributed by atoms with van der Waals surface area (Å²) in [4.78, 5) is 12.8. The molecule has 0 spiro atoms. The average Bonchev–Trinajstić information content (AvgIpc) is 2.70. The molecule has 0 unspecified atom stereocenters. The van der Waals surface area contributed by atoms with Gasteiger partial charge in [0.05, 0.1) is 0 Å². The van der Waals surface area contributed by atoms with E-state index < -0.39 is 6.83 Å². The van der Waals surface area contributed by atoms with Crippen molar-refractivity contribution in [1.29, 1.82) is 0 Å². The van der Waals surface area contributed by atoms with E-state index in [4.69, 9.17) is 4.52 Å². The van der Waals surface area contributed by atoms with Crippen molar-refractivity contribution < 1.29 is 9.32 Å². The Morgan fingerprint density at radius 1 is 0.731 bits per heavy atom. The van der Waals surface area contributed by atoms with Crippen molar-refractivity contribution >= 4 is 28.7 Å². The molecule has 0 amide bonds. The summed E-state index contributed by atoms with van der Waals surface area (Å²) >= 11 is 0. The predicted octanol–water partition coefficient (Wildman–Crippen LogP) is 4.40. The van der Waals surface area contributed by atoms with Crippen LogP contribution in [0.1, 0.15) is 19.8 Å². The zero-order chi connectivity index (χ0) is 18.5. The van der Waals surface area contributed by atoms with Crippen LogP contribution < -0.4 is 15.9 Å². The number of carbonyl (C=O) groups excluding carboxylic acids is 1. The zero-order valence-electron chi connectivity index (χ0n) is 15.3. The Bertz CT molecular complexity index is 761. The first-order valence-electron chi connectivity index (χ1n) is 9.00. The third-order valence-corrected chi connectivity index (χ3v) is 10.2. The first kappa shape index (κ1) is 18.4. The minimum atomic E-state index is -3.39. The summed E-state index contributed by atoms with van der Waals surface area (Å²) < 4.78 is 6.52. The van der Waals surface area contributed by atoms with Crippen LogP contribution in [0.4, 0.5) is 0 Å². The van der Waals surface area contributed by atoms with Crippen molar-refractivity contribution in [1.82, 2.24) is 0 Å². The third kappa shape index (κ3) is 3.06. The van der Waals surface area contributed by atoms with Crippen molar-refractivity contribution in [3.05, 3.63) is 91.0 Å². The van der Waals surface area contributed by atoms with Gasteiger partial charge in [-0.25, -0.2) is 0 Å². The van der Waals surface area contributed by atoms with Crippen molar-refractivity contribution in [3.63, 3.8) is 0 Å². The Kier molecular flexibility index (Phi) is 5.25. The van der Waals surface area contributed by atoms with Crippen LogP contribution in [0.5, 0.6) is 0 Å². The third-order valence-electron chi connectivity index (χ3n) is 4.92. The second kappa shape index (κ2) is 7.43. The van der Waals surface area contributed by atoms with Gasteiger partial charge in [0.25, 0.3) is 0 Å². The fourth-order valence-electron chi connectivity index (χ4n) is 3.47. The molecular formula is C23H25O2P. The van der Waals surface area contributed by atoms with Crippen LogP contribution in [0.15, 0.2) is 91.0 Å². The molecule has 134 valence electrons. The predicted molar refractivity (Wildman–Crippen MR) is 112 cm³/mol. The first-order valence-corrected chi connectivity index (χ1v) is 11.6. The van der Waals surface area contributed by atoms with Gasteiger partial charge in [-0.15, -0.1) is 0 Å². The van der Waals surface area contributed by atoms with E-state index in [-0.39, 0.29) is 5.97 Å². The Hall–Kier alpha value is -2.44. The van der Waals surface area contributed by atoms with Crippen molar-refractivity contribution in [2.45, 2.75) is 19.8 Å². The van der Waals surface area contributed by atoms with E-state index in [0.29, 0.717) is 6.42 Å². The minimum absolute atomic E-state index is 0.149. The molecule has 3 aromatic carbocycles. The fraction of sp³-hybridized carbons (Fsp3) is 0.174. The van der Waals surface area contributed by atoms with Gasteiger partial charge in [0.15, 0.2) is 0 Å². The van der Waals surface area contributed by atoms with Gasteiger partial charge >= 0.3 is 155 Å². The SMILES string of the molecule is CCCC(=O)OP(C)(c1ccccc1)(c1ccccc1)c1ccccc1. The molecule has 3 aromatic rings. The molecule has 0 aliphatic heterocycles. The summed E-state index contributed by atoms with van der Waals surface area (Å²) in [6.07, 6.45) is 1.18. The maximum absolute atomic E-state index is 12.8. The first-order chi connectivity index (χ1) is 12.6. The summed E-state index contributed by atoms with van der Waals surface area (Å²) in [5.41, 5.74) is 0. The van der Waals surface area contributed by atoms with E-state index in [2.05, 4.69) is 43.1 Å². The number of hydrogen-bond donors (Lipinski definition) is 0. The normalized spacial score (nSPS) is 12.8. The maximum atomic E-state index is 12.8. The molecule has 2 nitrogen and oxygen atoms in total. The van der Waals surface area contributed by atoms with Gasteiger partial charge in [-0.05, 0) is 0 Å². The van der Waals surface area contributed by atoms with E-state index in [9.17, 15) is 4.79 Å². The number of hydrogen-bond acceptors (Lipinski definition) is 2. The summed E-state index contributed by atoms with van der Waals surface area (Å²) in [6.45, 7) is 0.752. The van der Waals surface area contributed by atoms with E-state index >= 15 is 0 Å². The zero-order valence-corrected chi connectivity index (χ0v) is 16.2. The molecule has 0 atom stereocenters. The van der Waals surface area contributed by atoms with Gasteiger partial charge in [-0.2, -0.15) is 0 Å². The molecule has 0 saturated carbocycles. The van der Waals surface area contributed by atoms with Crippen molar-refractivity contribution in [3.8, 4) is 0 Å². The summed E-state index contributed by atoms with van der Waals surface area (Å²) in [5.74, 6) is -0.149. The van der Waals surface area contributed by atoms with Crippen molar-refractivity contribution in [2.75, 3.05) is 6.66 Å². The van der Waals surface area contributed by atoms with Gasteiger partial charge in [0.1, 0.15) is 0 Å². The molecule has 0 saturated heterocycles. The Labute approximate surface area is 155 Å². The Balaban J connectivity index is 2.37. The number of benzene rings is 3. The summed E-state index contributed by atoms with van der Waals surface area (Å²) in [5, 5.41) is 3.17. The molecule has 0 aromatic heterocycles. The van der Waals surface area contributed by atoms with Gasteiger partial charge < -0.3 is 0 Å². The molecule has 0 radical (unpaired) electrons. The van der Waals surface area contributed by atoms with Crippen LogP contribution >= 0.6 is 6.83 Å². The molecule has 3 rings (SSSR count). The van der Waals surface area contributed by atoms with Crippen LogP contribution in [0, 0.1) is 0 Å². The van der Waals surface area contributed by atoms with Crippen LogP contribution in [0.25, 0.3) is 0 Å². The number of carbonyl (C=O) groups is 1. The molecule has 0 aliphatic carbocycles. The quantitative estimate of drug-likeness (QED) is 0.606. The van der Waals surface area contributed by atoms with E-state index in [1.807, 2.05) is 61.5 Å². The average molecular weight is 364 g/mol. The van der Waals surface area contributed by atoms with Gasteiger partial charge in [-0.1, -0.05) is 0 Å². The van der Waals surface area contributed by atoms with Crippen LogP contribution in [0.2, 0.25) is 0 Å². The molecular weight excluding hydrogens is 339 g/mol. The topological polar surface area (TPSA) is 26.3 Å². The summed E-state index contributed by atoms with van der Waals surface area (Å²) in [7, 11) is 0. The van der Waals surface area contributed by atoms with Gasteiger partial charge in [-0.3, -0.25) is 0 Å². The van der Waals surface area contributed by atoms with E-state index in [1.165, 1.54) is 0 Å². The van der Waals surface area contributed by atoms with E-state index in [1.54, 1.807) is 0 Å². The molecule has 0 aliphatic rings. The second-order valence-corrected chi connectivity index (χ2v) is 11.3. The molecule has 3 heteroatoms. The molecule has 0 heterocycles. The Morgan fingerprint density at radius 3 is 1.38 bits per heavy atom. The monoisotopic (exact) mass is 364 g/mol. The van der Waals surface area contributed by atoms with Crippen LogP contribution in [-0.2, 0) is 9.32 Å². The standard InChI is InChI=1S/C23H25O2P/c1-3-13-23(24)25-26(2,20-14-7-4-8-15-20,21-16-9-5-10-17-21)22-18-11-6-12-19-22/h4-12,14-19H,3,13H2,1-2H3. The van der Waals surface area contributed by atoms with E-state index in [0.717, 1.165) is 22.3 Å². The number of rotatable bonds is 6.